The van der Waals surface area contributed by atoms with Gasteiger partial charge < -0.3 is 14.8 Å². The van der Waals surface area contributed by atoms with Crippen molar-refractivity contribution in [3.63, 3.8) is 0 Å². The van der Waals surface area contributed by atoms with Gasteiger partial charge in [-0.05, 0) is 85.6 Å². The van der Waals surface area contributed by atoms with Gasteiger partial charge in [0.05, 0.1) is 35.4 Å². The molecule has 0 unspecified atom stereocenters. The Kier molecular flexibility index (Phi) is 8.78. The number of carbonyl (C=O) groups is 1. The van der Waals surface area contributed by atoms with E-state index in [0.717, 1.165) is 15.4 Å². The number of ether oxygens (including phenoxy) is 2. The number of aryl methyl sites for hydroxylation is 2. The van der Waals surface area contributed by atoms with Crippen LogP contribution >= 0.6 is 0 Å². The van der Waals surface area contributed by atoms with Gasteiger partial charge in [-0.15, -0.1) is 0 Å². The van der Waals surface area contributed by atoms with Crippen LogP contribution in [0.15, 0.2) is 94.7 Å². The standard InChI is InChI=1S/C30H31N3O7S2/c1-20-7-6-8-21(2)29(20)32-41(35,36)25-15-11-23(12-16-25)31-30(34)22-9-13-24(14-10-22)33(3)42(37,38)26-17-18-27(39-4)28(19-26)40-5/h6-19,32H,1-5H3,(H,31,34). The number of nitrogens with one attached hydrogen (secondary N) is 2. The Labute approximate surface area is 246 Å². The van der Waals surface area contributed by atoms with Crippen LogP contribution in [-0.2, 0) is 20.0 Å². The molecule has 1 amide bonds. The lowest BCUT2D eigenvalue weighted by Gasteiger charge is -2.20. The number of carbonyl (C=O) groups excluding carboxylic acids is 1. The average molecular weight is 610 g/mol. The van der Waals surface area contributed by atoms with E-state index in [4.69, 9.17) is 9.47 Å². The van der Waals surface area contributed by atoms with Crippen molar-refractivity contribution in [1.82, 2.24) is 0 Å². The molecule has 4 rings (SSSR count). The maximum absolute atomic E-state index is 13.2. The Balaban J connectivity index is 1.45. The Hall–Kier alpha value is -4.55. The molecule has 0 atom stereocenters. The minimum atomic E-state index is -3.93. The summed E-state index contributed by atoms with van der Waals surface area (Å²) in [5.41, 5.74) is 3.15. The highest BCUT2D eigenvalue weighted by atomic mass is 32.2. The van der Waals surface area contributed by atoms with Gasteiger partial charge in [0.1, 0.15) is 0 Å². The normalized spacial score (nSPS) is 11.5. The quantitative estimate of drug-likeness (QED) is 0.253. The van der Waals surface area contributed by atoms with Crippen molar-refractivity contribution < 1.29 is 31.1 Å². The maximum atomic E-state index is 13.2. The average Bonchev–Trinajstić information content (AvgIpc) is 2.98. The van der Waals surface area contributed by atoms with E-state index < -0.39 is 26.0 Å². The van der Waals surface area contributed by atoms with Crippen LogP contribution in [0.4, 0.5) is 17.1 Å². The van der Waals surface area contributed by atoms with Gasteiger partial charge >= 0.3 is 0 Å². The second-order valence-electron chi connectivity index (χ2n) is 9.39. The summed E-state index contributed by atoms with van der Waals surface area (Å²) >= 11 is 0. The summed E-state index contributed by atoms with van der Waals surface area (Å²) in [5, 5.41) is 2.72. The molecule has 0 radical (unpaired) electrons. The first-order valence-electron chi connectivity index (χ1n) is 12.7. The molecule has 0 spiro atoms. The van der Waals surface area contributed by atoms with Crippen LogP contribution in [-0.4, -0.2) is 44.0 Å². The highest BCUT2D eigenvalue weighted by molar-refractivity contribution is 7.93. The summed E-state index contributed by atoms with van der Waals surface area (Å²) in [6.45, 7) is 3.65. The first-order valence-corrected chi connectivity index (χ1v) is 15.6. The molecule has 12 heteroatoms. The van der Waals surface area contributed by atoms with Crippen LogP contribution in [0, 0.1) is 13.8 Å². The molecule has 4 aromatic rings. The number of amides is 1. The van der Waals surface area contributed by atoms with Gasteiger partial charge in [-0.3, -0.25) is 13.8 Å². The van der Waals surface area contributed by atoms with Gasteiger partial charge in [0.2, 0.25) is 0 Å². The Morgan fingerprint density at radius 3 is 1.88 bits per heavy atom. The molecule has 42 heavy (non-hydrogen) atoms. The minimum Gasteiger partial charge on any atom is -0.493 e. The van der Waals surface area contributed by atoms with E-state index in [0.29, 0.717) is 22.8 Å². The van der Waals surface area contributed by atoms with Crippen molar-refractivity contribution in [3.8, 4) is 11.5 Å². The van der Waals surface area contributed by atoms with Crippen LogP contribution in [0.5, 0.6) is 11.5 Å². The molecule has 0 aliphatic heterocycles. The summed E-state index contributed by atoms with van der Waals surface area (Å²) in [7, 11) is -3.48. The van der Waals surface area contributed by atoms with E-state index in [-0.39, 0.29) is 21.1 Å². The first kappa shape index (κ1) is 30.4. The van der Waals surface area contributed by atoms with E-state index in [1.54, 1.807) is 0 Å². The Bertz CT molecular complexity index is 1800. The molecule has 0 aromatic heterocycles. The third-order valence-corrected chi connectivity index (χ3v) is 9.79. The van der Waals surface area contributed by atoms with Crippen LogP contribution < -0.4 is 23.8 Å². The van der Waals surface area contributed by atoms with Crippen molar-refractivity contribution in [2.24, 2.45) is 0 Å². The molecule has 0 saturated heterocycles. The van der Waals surface area contributed by atoms with E-state index >= 15 is 0 Å². The lowest BCUT2D eigenvalue weighted by atomic mass is 10.1. The largest absolute Gasteiger partial charge is 0.493 e. The number of rotatable bonds is 10. The number of hydrogen-bond acceptors (Lipinski definition) is 7. The molecule has 0 aliphatic rings. The second-order valence-corrected chi connectivity index (χ2v) is 13.0. The van der Waals surface area contributed by atoms with Gasteiger partial charge in [-0.1, -0.05) is 18.2 Å². The Morgan fingerprint density at radius 1 is 0.738 bits per heavy atom. The van der Waals surface area contributed by atoms with Gasteiger partial charge in [0, 0.05) is 24.4 Å². The highest BCUT2D eigenvalue weighted by Crippen LogP contribution is 2.32. The molecule has 2 N–H and O–H groups in total. The van der Waals surface area contributed by atoms with Crippen molar-refractivity contribution in [3.05, 3.63) is 102 Å². The third kappa shape index (κ3) is 6.34. The molecular formula is C30H31N3O7S2. The number of benzene rings is 4. The second kappa shape index (κ2) is 12.1. The maximum Gasteiger partial charge on any atom is 0.264 e. The SMILES string of the molecule is COc1ccc(S(=O)(=O)N(C)c2ccc(C(=O)Nc3ccc(S(=O)(=O)Nc4c(C)cccc4C)cc3)cc2)cc1OC. The monoisotopic (exact) mass is 609 g/mol. The van der Waals surface area contributed by atoms with Crippen molar-refractivity contribution in [2.75, 3.05) is 35.6 Å². The number of nitrogens with zero attached hydrogens (tertiary/aromatic N) is 1. The zero-order valence-corrected chi connectivity index (χ0v) is 25.3. The molecule has 4 aromatic carbocycles. The number of hydrogen-bond donors (Lipinski definition) is 2. The number of methoxy groups -OCH3 is 2. The predicted molar refractivity (Wildman–Crippen MR) is 163 cm³/mol. The molecule has 0 bridgehead atoms. The first-order chi connectivity index (χ1) is 19.9. The lowest BCUT2D eigenvalue weighted by molar-refractivity contribution is 0.102. The summed E-state index contributed by atoms with van der Waals surface area (Å²) < 4.78 is 66.3. The molecular weight excluding hydrogens is 578 g/mol. The van der Waals surface area contributed by atoms with Crippen molar-refractivity contribution in [2.45, 2.75) is 23.6 Å². The van der Waals surface area contributed by atoms with Gasteiger partial charge in [-0.25, -0.2) is 16.8 Å². The third-order valence-electron chi connectivity index (χ3n) is 6.65. The van der Waals surface area contributed by atoms with E-state index in [9.17, 15) is 21.6 Å². The summed E-state index contributed by atoms with van der Waals surface area (Å²) in [4.78, 5) is 12.9. The molecule has 0 fully saturated rings. The zero-order valence-electron chi connectivity index (χ0n) is 23.7. The van der Waals surface area contributed by atoms with Crippen molar-refractivity contribution >= 4 is 43.0 Å². The van der Waals surface area contributed by atoms with Crippen LogP contribution in [0.2, 0.25) is 0 Å². The smallest absolute Gasteiger partial charge is 0.264 e. The fraction of sp³-hybridized carbons (Fsp3) is 0.167. The highest BCUT2D eigenvalue weighted by Gasteiger charge is 2.23. The number of para-hydroxylation sites is 1. The van der Waals surface area contributed by atoms with Crippen molar-refractivity contribution in [1.29, 1.82) is 0 Å². The zero-order chi connectivity index (χ0) is 30.7. The van der Waals surface area contributed by atoms with Gasteiger partial charge in [-0.2, -0.15) is 0 Å². The molecule has 0 aliphatic carbocycles. The van der Waals surface area contributed by atoms with Gasteiger partial charge in [0.15, 0.2) is 11.5 Å². The summed E-state index contributed by atoms with van der Waals surface area (Å²) in [6.07, 6.45) is 0. The van der Waals surface area contributed by atoms with Crippen LogP contribution in [0.3, 0.4) is 0 Å². The van der Waals surface area contributed by atoms with Gasteiger partial charge in [0.25, 0.3) is 26.0 Å². The fourth-order valence-electron chi connectivity index (χ4n) is 4.19. The lowest BCUT2D eigenvalue weighted by Crippen LogP contribution is -2.26. The molecule has 220 valence electrons. The topological polar surface area (TPSA) is 131 Å². The number of sulfonamides is 2. The summed E-state index contributed by atoms with van der Waals surface area (Å²) in [6, 6.07) is 21.6. The van der Waals surface area contributed by atoms with E-state index in [2.05, 4.69) is 10.0 Å². The fourth-order valence-corrected chi connectivity index (χ4v) is 6.60. The molecule has 0 heterocycles. The predicted octanol–water partition coefficient (Wildman–Crippen LogP) is 5.20. The van der Waals surface area contributed by atoms with Crippen LogP contribution in [0.1, 0.15) is 21.5 Å². The molecule has 10 nitrogen and oxygen atoms in total. The van der Waals surface area contributed by atoms with Crippen LogP contribution in [0.25, 0.3) is 0 Å². The van der Waals surface area contributed by atoms with E-state index in [1.807, 2.05) is 32.0 Å². The molecule has 0 saturated carbocycles. The number of anilines is 3. The summed E-state index contributed by atoms with van der Waals surface area (Å²) in [5.74, 6) is 0.234. The van der Waals surface area contributed by atoms with E-state index in [1.165, 1.54) is 88.0 Å². The minimum absolute atomic E-state index is 0.0131. The Morgan fingerprint density at radius 2 is 1.31 bits per heavy atom.